The Bertz CT molecular complexity index is 1400. The van der Waals surface area contributed by atoms with Crippen LogP contribution < -0.4 is 4.74 Å². The third-order valence-electron chi connectivity index (χ3n) is 5.42. The van der Waals surface area contributed by atoms with Gasteiger partial charge in [-0.25, -0.2) is 23.4 Å². The summed E-state index contributed by atoms with van der Waals surface area (Å²) in [6.07, 6.45) is 2.45. The Morgan fingerprint density at radius 1 is 1.18 bits per heavy atom. The van der Waals surface area contributed by atoms with Crippen LogP contribution in [0.15, 0.2) is 53.8 Å². The van der Waals surface area contributed by atoms with E-state index >= 15 is 0 Å². The molecule has 0 saturated carbocycles. The molecule has 0 aliphatic carbocycles. The van der Waals surface area contributed by atoms with E-state index in [1.807, 2.05) is 25.1 Å². The van der Waals surface area contributed by atoms with Crippen LogP contribution in [0.4, 0.5) is 8.78 Å². The van der Waals surface area contributed by atoms with Crippen molar-refractivity contribution in [1.82, 2.24) is 14.8 Å². The maximum Gasteiger partial charge on any atom is 0.180 e. The molecule has 0 radical (unpaired) electrons. The molecule has 5 rings (SSSR count). The number of fused-ring (bicyclic) bond motifs is 1. The molecule has 2 aromatic carbocycles. The van der Waals surface area contributed by atoms with Crippen LogP contribution in [0.5, 0.6) is 5.75 Å². The van der Waals surface area contributed by atoms with Gasteiger partial charge in [-0.2, -0.15) is 5.10 Å². The van der Waals surface area contributed by atoms with Crippen LogP contribution in [0.3, 0.4) is 0 Å². The van der Waals surface area contributed by atoms with Crippen molar-refractivity contribution < 1.29 is 18.3 Å². The van der Waals surface area contributed by atoms with Crippen molar-refractivity contribution in [3.63, 3.8) is 0 Å². The molecule has 33 heavy (non-hydrogen) atoms. The Balaban J connectivity index is 1.53. The Hall–Kier alpha value is -3.52. The first kappa shape index (κ1) is 21.3. The van der Waals surface area contributed by atoms with Crippen LogP contribution in [0, 0.1) is 18.6 Å². The van der Waals surface area contributed by atoms with E-state index in [1.165, 1.54) is 23.0 Å². The van der Waals surface area contributed by atoms with Gasteiger partial charge in [0.25, 0.3) is 0 Å². The van der Waals surface area contributed by atoms with Gasteiger partial charge in [-0.15, -0.1) is 0 Å². The lowest BCUT2D eigenvalue weighted by Crippen LogP contribution is -2.08. The third-order valence-corrected chi connectivity index (χ3v) is 5.76. The first-order valence-electron chi connectivity index (χ1n) is 10.3. The average Bonchev–Trinajstić information content (AvgIpc) is 3.40. The number of pyridine rings is 1. The van der Waals surface area contributed by atoms with E-state index in [-0.39, 0.29) is 17.7 Å². The highest BCUT2D eigenvalue weighted by Crippen LogP contribution is 2.34. The second-order valence-corrected chi connectivity index (χ2v) is 8.16. The summed E-state index contributed by atoms with van der Waals surface area (Å²) in [5.41, 5.74) is 3.25. The maximum atomic E-state index is 14.1. The second-order valence-electron chi connectivity index (χ2n) is 7.76. The van der Waals surface area contributed by atoms with Crippen molar-refractivity contribution >= 4 is 28.4 Å². The highest BCUT2D eigenvalue weighted by Gasteiger charge is 2.24. The van der Waals surface area contributed by atoms with Crippen molar-refractivity contribution in [2.24, 2.45) is 4.99 Å². The summed E-state index contributed by atoms with van der Waals surface area (Å²) < 4.78 is 40.7. The van der Waals surface area contributed by atoms with Crippen LogP contribution in [0.1, 0.15) is 29.8 Å². The first-order chi connectivity index (χ1) is 15.9. The Morgan fingerprint density at radius 3 is 2.76 bits per heavy atom. The van der Waals surface area contributed by atoms with Gasteiger partial charge in [0, 0.05) is 23.6 Å². The molecular weight excluding hydrogens is 450 g/mol. The molecule has 1 aliphatic heterocycles. The van der Waals surface area contributed by atoms with Gasteiger partial charge in [-0.3, -0.25) is 0 Å². The standard InChI is InChI=1S/C24H19ClF2N4O2/c1-13-6-22(31-10-16(27)9-28-31)17-4-3-5-23(24(17)29-13)33-11-19-18(7-15(26)8-20(19)25)21-12-32-14(2)30-21/h3-10,21H,11-12H2,1-2H3. The fourth-order valence-electron chi connectivity index (χ4n) is 3.94. The van der Waals surface area contributed by atoms with E-state index in [4.69, 9.17) is 21.1 Å². The summed E-state index contributed by atoms with van der Waals surface area (Å²) in [7, 11) is 0. The molecular formula is C24H19ClF2N4O2. The number of hydrogen-bond donors (Lipinski definition) is 0. The number of rotatable bonds is 5. The first-order valence-corrected chi connectivity index (χ1v) is 10.7. The van der Waals surface area contributed by atoms with E-state index in [1.54, 1.807) is 13.0 Å². The Labute approximate surface area is 193 Å². The minimum Gasteiger partial charge on any atom is -0.487 e. The summed E-state index contributed by atoms with van der Waals surface area (Å²) in [5, 5.41) is 5.08. The van der Waals surface area contributed by atoms with E-state index in [9.17, 15) is 8.78 Å². The number of nitrogens with zero attached hydrogens (tertiary/aromatic N) is 4. The minimum absolute atomic E-state index is 0.0833. The largest absolute Gasteiger partial charge is 0.487 e. The summed E-state index contributed by atoms with van der Waals surface area (Å²) in [4.78, 5) is 9.06. The lowest BCUT2D eigenvalue weighted by atomic mass is 10.0. The lowest BCUT2D eigenvalue weighted by Gasteiger charge is -2.17. The molecule has 0 N–H and O–H groups in total. The maximum absolute atomic E-state index is 14.1. The normalized spacial score (nSPS) is 15.5. The number of benzene rings is 2. The summed E-state index contributed by atoms with van der Waals surface area (Å²) in [6.45, 7) is 4.00. The molecule has 2 aromatic heterocycles. The molecule has 0 bridgehead atoms. The quantitative estimate of drug-likeness (QED) is 0.375. The predicted octanol–water partition coefficient (Wildman–Crippen LogP) is 5.73. The fourth-order valence-corrected chi connectivity index (χ4v) is 4.21. The summed E-state index contributed by atoms with van der Waals surface area (Å²) >= 11 is 6.39. The zero-order chi connectivity index (χ0) is 23.1. The predicted molar refractivity (Wildman–Crippen MR) is 121 cm³/mol. The molecule has 9 heteroatoms. The fraction of sp³-hybridized carbons (Fsp3) is 0.208. The van der Waals surface area contributed by atoms with Gasteiger partial charge in [0.05, 0.1) is 23.1 Å². The smallest absolute Gasteiger partial charge is 0.180 e. The van der Waals surface area contributed by atoms with E-state index < -0.39 is 11.6 Å². The molecule has 0 saturated heterocycles. The van der Waals surface area contributed by atoms with Gasteiger partial charge in [-0.1, -0.05) is 23.7 Å². The molecule has 3 heterocycles. The molecule has 168 valence electrons. The van der Waals surface area contributed by atoms with E-state index in [2.05, 4.69) is 15.1 Å². The van der Waals surface area contributed by atoms with Gasteiger partial charge < -0.3 is 9.47 Å². The number of hydrogen-bond acceptors (Lipinski definition) is 5. The van der Waals surface area contributed by atoms with Crippen molar-refractivity contribution in [3.8, 4) is 11.4 Å². The summed E-state index contributed by atoms with van der Waals surface area (Å²) in [5.74, 6) is 0.177. The molecule has 1 unspecified atom stereocenters. The molecule has 0 amide bonds. The lowest BCUT2D eigenvalue weighted by molar-refractivity contribution is 0.299. The number of aliphatic imine (C=N–C) groups is 1. The summed E-state index contributed by atoms with van der Waals surface area (Å²) in [6, 6.07) is 9.62. The monoisotopic (exact) mass is 468 g/mol. The van der Waals surface area contributed by atoms with Crippen molar-refractivity contribution in [2.45, 2.75) is 26.5 Å². The molecule has 6 nitrogen and oxygen atoms in total. The van der Waals surface area contributed by atoms with Gasteiger partial charge in [0.2, 0.25) is 0 Å². The molecule has 4 aromatic rings. The van der Waals surface area contributed by atoms with Crippen LogP contribution in [-0.4, -0.2) is 27.3 Å². The number of aromatic nitrogens is 3. The van der Waals surface area contributed by atoms with Crippen LogP contribution in [0.25, 0.3) is 16.6 Å². The Morgan fingerprint density at radius 2 is 2.03 bits per heavy atom. The van der Waals surface area contributed by atoms with Crippen molar-refractivity contribution in [2.75, 3.05) is 6.61 Å². The molecule has 0 spiro atoms. The Kier molecular flexibility index (Phi) is 5.46. The van der Waals surface area contributed by atoms with E-state index in [0.717, 1.165) is 17.3 Å². The zero-order valence-corrected chi connectivity index (χ0v) is 18.6. The molecule has 1 aliphatic rings. The number of para-hydroxylation sites is 1. The number of halogens is 3. The van der Waals surface area contributed by atoms with E-state index in [0.29, 0.717) is 40.6 Å². The van der Waals surface area contributed by atoms with Crippen LogP contribution in [-0.2, 0) is 11.3 Å². The van der Waals surface area contributed by atoms with Gasteiger partial charge in [0.1, 0.15) is 36.3 Å². The SMILES string of the molecule is CC1=NC(c2cc(F)cc(Cl)c2COc2cccc3c(-n4cc(F)cn4)cc(C)nc23)CO1. The highest BCUT2D eigenvalue weighted by atomic mass is 35.5. The number of ether oxygens (including phenoxy) is 2. The molecule has 0 fully saturated rings. The average molecular weight is 469 g/mol. The van der Waals surface area contributed by atoms with Crippen molar-refractivity contribution in [1.29, 1.82) is 0 Å². The number of aryl methyl sites for hydroxylation is 1. The van der Waals surface area contributed by atoms with Crippen LogP contribution >= 0.6 is 11.6 Å². The van der Waals surface area contributed by atoms with Crippen LogP contribution in [0.2, 0.25) is 5.02 Å². The second kappa shape index (κ2) is 8.44. The van der Waals surface area contributed by atoms with Gasteiger partial charge in [-0.05, 0) is 36.8 Å². The van der Waals surface area contributed by atoms with Gasteiger partial charge >= 0.3 is 0 Å². The van der Waals surface area contributed by atoms with Crippen molar-refractivity contribution in [3.05, 3.63) is 82.3 Å². The minimum atomic E-state index is -0.447. The highest BCUT2D eigenvalue weighted by molar-refractivity contribution is 6.31. The zero-order valence-electron chi connectivity index (χ0n) is 17.8. The van der Waals surface area contributed by atoms with Gasteiger partial charge in [0.15, 0.2) is 11.7 Å². The third kappa shape index (κ3) is 4.14. The molecule has 1 atom stereocenters. The topological polar surface area (TPSA) is 61.5 Å².